The van der Waals surface area contributed by atoms with Crippen LogP contribution < -0.4 is 9.80 Å². The minimum Gasteiger partial charge on any atom is -0.373 e. The zero-order chi connectivity index (χ0) is 18.6. The average Bonchev–Trinajstić information content (AvgIpc) is 2.69. The second-order valence-electron chi connectivity index (χ2n) is 8.24. The normalized spacial score (nSPS) is 28.5. The molecule has 0 aliphatic carbocycles. The van der Waals surface area contributed by atoms with Gasteiger partial charge in [-0.05, 0) is 32.6 Å². The summed E-state index contributed by atoms with van der Waals surface area (Å²) < 4.78 is 5.87. The summed E-state index contributed by atoms with van der Waals surface area (Å²) in [6.07, 6.45) is 4.97. The lowest BCUT2D eigenvalue weighted by atomic mass is 9.95. The molecule has 6 nitrogen and oxygen atoms in total. The van der Waals surface area contributed by atoms with Crippen molar-refractivity contribution in [1.29, 1.82) is 0 Å². The van der Waals surface area contributed by atoms with Crippen LogP contribution in [0.3, 0.4) is 0 Å². The SMILES string of the molecule is CC1CN(CC2CCN(c3cc(N4CCSCC4)ncn3)CC2)CC(C)O1. The van der Waals surface area contributed by atoms with Crippen molar-refractivity contribution >= 4 is 23.4 Å². The average molecular weight is 392 g/mol. The Kier molecular flexibility index (Phi) is 6.40. The Morgan fingerprint density at radius 2 is 1.56 bits per heavy atom. The van der Waals surface area contributed by atoms with Gasteiger partial charge in [0.2, 0.25) is 0 Å². The summed E-state index contributed by atoms with van der Waals surface area (Å²) >= 11 is 2.03. The number of nitrogens with zero attached hydrogens (tertiary/aromatic N) is 5. The number of morpholine rings is 1. The Labute approximate surface area is 167 Å². The fourth-order valence-electron chi connectivity index (χ4n) is 4.62. The molecule has 0 N–H and O–H groups in total. The van der Waals surface area contributed by atoms with Gasteiger partial charge in [0.1, 0.15) is 18.0 Å². The minimum atomic E-state index is 0.362. The highest BCUT2D eigenvalue weighted by atomic mass is 32.2. The molecule has 1 aromatic rings. The van der Waals surface area contributed by atoms with Gasteiger partial charge in [0.15, 0.2) is 0 Å². The second-order valence-corrected chi connectivity index (χ2v) is 9.46. The summed E-state index contributed by atoms with van der Waals surface area (Å²) in [4.78, 5) is 16.6. The van der Waals surface area contributed by atoms with E-state index in [1.807, 2.05) is 11.8 Å². The van der Waals surface area contributed by atoms with E-state index in [9.17, 15) is 0 Å². The fraction of sp³-hybridized carbons (Fsp3) is 0.800. The molecule has 2 atom stereocenters. The summed E-state index contributed by atoms with van der Waals surface area (Å²) in [5, 5.41) is 0. The molecule has 7 heteroatoms. The van der Waals surface area contributed by atoms with Crippen LogP contribution in [-0.2, 0) is 4.74 Å². The third-order valence-corrected chi connectivity index (χ3v) is 6.87. The zero-order valence-electron chi connectivity index (χ0n) is 16.7. The van der Waals surface area contributed by atoms with Gasteiger partial charge < -0.3 is 14.5 Å². The van der Waals surface area contributed by atoms with Gasteiger partial charge in [0.05, 0.1) is 12.2 Å². The molecule has 0 saturated carbocycles. The number of thioether (sulfide) groups is 1. The van der Waals surface area contributed by atoms with Crippen molar-refractivity contribution < 1.29 is 4.74 Å². The quantitative estimate of drug-likeness (QED) is 0.781. The van der Waals surface area contributed by atoms with Gasteiger partial charge in [-0.2, -0.15) is 11.8 Å². The van der Waals surface area contributed by atoms with E-state index >= 15 is 0 Å². The van der Waals surface area contributed by atoms with Crippen LogP contribution in [0.4, 0.5) is 11.6 Å². The first kappa shape index (κ1) is 19.3. The van der Waals surface area contributed by atoms with Crippen LogP contribution in [0.2, 0.25) is 0 Å². The molecule has 4 heterocycles. The molecule has 1 aromatic heterocycles. The van der Waals surface area contributed by atoms with Crippen molar-refractivity contribution in [3.05, 3.63) is 12.4 Å². The van der Waals surface area contributed by atoms with Gasteiger partial charge in [0.25, 0.3) is 0 Å². The fourth-order valence-corrected chi connectivity index (χ4v) is 5.52. The molecule has 4 rings (SSSR count). The zero-order valence-corrected chi connectivity index (χ0v) is 17.5. The lowest BCUT2D eigenvalue weighted by Crippen LogP contribution is -2.48. The third kappa shape index (κ3) is 5.06. The molecule has 0 spiro atoms. The smallest absolute Gasteiger partial charge is 0.134 e. The molecule has 150 valence electrons. The Balaban J connectivity index is 1.30. The highest BCUT2D eigenvalue weighted by molar-refractivity contribution is 7.99. The molecule has 0 bridgehead atoms. The lowest BCUT2D eigenvalue weighted by Gasteiger charge is -2.39. The summed E-state index contributed by atoms with van der Waals surface area (Å²) in [6.45, 7) is 12.2. The summed E-state index contributed by atoms with van der Waals surface area (Å²) in [7, 11) is 0. The summed E-state index contributed by atoms with van der Waals surface area (Å²) in [5.41, 5.74) is 0. The van der Waals surface area contributed by atoms with Crippen molar-refractivity contribution in [2.45, 2.75) is 38.9 Å². The van der Waals surface area contributed by atoms with E-state index in [0.717, 1.165) is 56.8 Å². The molecule has 2 unspecified atom stereocenters. The van der Waals surface area contributed by atoms with Crippen molar-refractivity contribution in [2.24, 2.45) is 5.92 Å². The maximum atomic E-state index is 5.87. The van der Waals surface area contributed by atoms with Crippen LogP contribution in [0.5, 0.6) is 0 Å². The molecule has 0 aromatic carbocycles. The van der Waals surface area contributed by atoms with E-state index in [-0.39, 0.29) is 0 Å². The molecule has 3 aliphatic heterocycles. The number of aromatic nitrogens is 2. The minimum absolute atomic E-state index is 0.362. The van der Waals surface area contributed by atoms with Crippen LogP contribution in [0, 0.1) is 5.92 Å². The monoisotopic (exact) mass is 391 g/mol. The van der Waals surface area contributed by atoms with Crippen LogP contribution in [0.15, 0.2) is 12.4 Å². The second kappa shape index (κ2) is 8.97. The standard InChI is InChI=1S/C20H33N5OS/c1-16-12-23(13-17(2)26-16)14-18-3-5-24(6-4-18)19-11-20(22-15-21-19)25-7-9-27-10-8-25/h11,15-18H,3-10,12-14H2,1-2H3. The van der Waals surface area contributed by atoms with E-state index in [1.54, 1.807) is 6.33 Å². The van der Waals surface area contributed by atoms with Crippen molar-refractivity contribution in [3.8, 4) is 0 Å². The van der Waals surface area contributed by atoms with E-state index in [1.165, 1.54) is 30.9 Å². The van der Waals surface area contributed by atoms with Gasteiger partial charge >= 0.3 is 0 Å². The number of ether oxygens (including phenoxy) is 1. The van der Waals surface area contributed by atoms with E-state index in [4.69, 9.17) is 4.74 Å². The van der Waals surface area contributed by atoms with Gasteiger partial charge in [-0.15, -0.1) is 0 Å². The van der Waals surface area contributed by atoms with Crippen molar-refractivity contribution in [1.82, 2.24) is 14.9 Å². The maximum absolute atomic E-state index is 5.87. The van der Waals surface area contributed by atoms with Crippen LogP contribution in [-0.4, -0.2) is 84.4 Å². The third-order valence-electron chi connectivity index (χ3n) is 5.92. The molecule has 0 amide bonds. The highest BCUT2D eigenvalue weighted by Gasteiger charge is 2.27. The molecule has 3 fully saturated rings. The van der Waals surface area contributed by atoms with E-state index in [2.05, 4.69) is 44.6 Å². The summed E-state index contributed by atoms with van der Waals surface area (Å²) in [6, 6.07) is 2.20. The maximum Gasteiger partial charge on any atom is 0.134 e. The molecular formula is C20H33N5OS. The van der Waals surface area contributed by atoms with Crippen LogP contribution in [0.1, 0.15) is 26.7 Å². The molecule has 3 aliphatic rings. The topological polar surface area (TPSA) is 44.7 Å². The number of hydrogen-bond acceptors (Lipinski definition) is 7. The first-order chi connectivity index (χ1) is 13.2. The highest BCUT2D eigenvalue weighted by Crippen LogP contribution is 2.26. The van der Waals surface area contributed by atoms with Gasteiger partial charge in [0, 0.05) is 63.4 Å². The van der Waals surface area contributed by atoms with Crippen molar-refractivity contribution in [3.63, 3.8) is 0 Å². The molecule has 0 radical (unpaired) electrons. The first-order valence-electron chi connectivity index (χ1n) is 10.4. The first-order valence-corrected chi connectivity index (χ1v) is 11.6. The van der Waals surface area contributed by atoms with Crippen LogP contribution in [0.25, 0.3) is 0 Å². The summed E-state index contributed by atoms with van der Waals surface area (Å²) in [5.74, 6) is 5.38. The lowest BCUT2D eigenvalue weighted by molar-refractivity contribution is -0.0720. The molecule has 3 saturated heterocycles. The number of hydrogen-bond donors (Lipinski definition) is 0. The Bertz CT molecular complexity index is 594. The number of rotatable bonds is 4. The Morgan fingerprint density at radius 1 is 0.963 bits per heavy atom. The molecular weight excluding hydrogens is 358 g/mol. The van der Waals surface area contributed by atoms with Crippen LogP contribution >= 0.6 is 11.8 Å². The van der Waals surface area contributed by atoms with Gasteiger partial charge in [-0.3, -0.25) is 4.90 Å². The van der Waals surface area contributed by atoms with Gasteiger partial charge in [-0.25, -0.2) is 9.97 Å². The Morgan fingerprint density at radius 3 is 2.19 bits per heavy atom. The number of anilines is 2. The van der Waals surface area contributed by atoms with Gasteiger partial charge in [-0.1, -0.05) is 0 Å². The molecule has 27 heavy (non-hydrogen) atoms. The van der Waals surface area contributed by atoms with E-state index in [0.29, 0.717) is 12.2 Å². The Hall–Kier alpha value is -1.05. The predicted octanol–water partition coefficient (Wildman–Crippen LogP) is 2.36. The largest absolute Gasteiger partial charge is 0.373 e. The predicted molar refractivity (Wildman–Crippen MR) is 113 cm³/mol. The van der Waals surface area contributed by atoms with Crippen molar-refractivity contribution in [2.75, 3.05) is 67.1 Å². The number of piperidine rings is 1. The van der Waals surface area contributed by atoms with E-state index < -0.39 is 0 Å².